The third kappa shape index (κ3) is 4.38. The molecule has 0 bridgehead atoms. The maximum Gasteiger partial charge on any atom is 0.326 e. The van der Waals surface area contributed by atoms with Crippen LogP contribution >= 0.6 is 11.8 Å². The largest absolute Gasteiger partial charge is 0.367 e. The minimum Gasteiger partial charge on any atom is -0.367 e. The first-order valence-corrected chi connectivity index (χ1v) is 12.6. The van der Waals surface area contributed by atoms with Crippen LogP contribution in [0, 0.1) is 0 Å². The molecule has 3 N–H and O–H groups in total. The Morgan fingerprint density at radius 1 is 1.20 bits per heavy atom. The predicted molar refractivity (Wildman–Crippen MR) is 128 cm³/mol. The molecule has 1 saturated carbocycles. The van der Waals surface area contributed by atoms with Crippen molar-refractivity contribution < 1.29 is 18.8 Å². The lowest BCUT2D eigenvalue weighted by molar-refractivity contribution is -0.127. The third-order valence-electron chi connectivity index (χ3n) is 6.51. The normalized spacial score (nSPS) is 24.1. The van der Waals surface area contributed by atoms with E-state index in [9.17, 15) is 18.8 Å². The number of aromatic nitrogens is 3. The fourth-order valence-electron chi connectivity index (χ4n) is 4.43. The van der Waals surface area contributed by atoms with Crippen molar-refractivity contribution in [2.45, 2.75) is 49.6 Å². The lowest BCUT2D eigenvalue weighted by Crippen LogP contribution is -2.39. The average molecular weight is 498 g/mol. The van der Waals surface area contributed by atoms with Gasteiger partial charge in [0.05, 0.1) is 22.0 Å². The number of likely N-dealkylation sites (tertiary alicyclic amines) is 1. The zero-order valence-electron chi connectivity index (χ0n) is 18.8. The van der Waals surface area contributed by atoms with Gasteiger partial charge in [0.25, 0.3) is 11.8 Å². The van der Waals surface area contributed by atoms with Crippen LogP contribution in [0.3, 0.4) is 0 Å². The Bertz CT molecular complexity index is 1290. The van der Waals surface area contributed by atoms with E-state index in [1.807, 2.05) is 12.1 Å². The summed E-state index contributed by atoms with van der Waals surface area (Å²) in [7, 11) is 0. The summed E-state index contributed by atoms with van der Waals surface area (Å²) in [6.07, 6.45) is 7.88. The molecule has 2 saturated heterocycles. The van der Waals surface area contributed by atoms with Gasteiger partial charge in [0.1, 0.15) is 17.7 Å². The summed E-state index contributed by atoms with van der Waals surface area (Å²) in [5, 5.41) is 12.6. The van der Waals surface area contributed by atoms with Gasteiger partial charge < -0.3 is 15.5 Å². The number of nitrogens with zero attached hydrogens (tertiary/aromatic N) is 4. The summed E-state index contributed by atoms with van der Waals surface area (Å²) in [6, 6.07) is 1.78. The van der Waals surface area contributed by atoms with Gasteiger partial charge in [-0.25, -0.2) is 14.2 Å². The molecule has 3 aliphatic heterocycles. The Kier molecular flexibility index (Phi) is 5.47. The molecule has 182 valence electrons. The maximum atomic E-state index is 13.5. The number of carbonyl (C=O) groups excluding carboxylic acids is 3. The van der Waals surface area contributed by atoms with Crippen molar-refractivity contribution in [2.75, 3.05) is 18.4 Å². The highest BCUT2D eigenvalue weighted by Gasteiger charge is 2.32. The molecule has 0 radical (unpaired) electrons. The van der Waals surface area contributed by atoms with Crippen LogP contribution in [0.4, 0.5) is 15.0 Å². The van der Waals surface area contributed by atoms with Crippen LogP contribution in [0.25, 0.3) is 11.7 Å². The van der Waals surface area contributed by atoms with Crippen LogP contribution < -0.4 is 16.0 Å². The smallest absolute Gasteiger partial charge is 0.326 e. The number of halogens is 1. The number of anilines is 1. The van der Waals surface area contributed by atoms with Gasteiger partial charge in [-0.3, -0.25) is 14.9 Å². The molecule has 0 aromatic carbocycles. The van der Waals surface area contributed by atoms with Gasteiger partial charge in [0, 0.05) is 30.8 Å². The first kappa shape index (κ1) is 22.1. The highest BCUT2D eigenvalue weighted by molar-refractivity contribution is 8.04. The van der Waals surface area contributed by atoms with Crippen molar-refractivity contribution >= 4 is 47.1 Å². The van der Waals surface area contributed by atoms with Crippen LogP contribution in [0.15, 0.2) is 28.9 Å². The van der Waals surface area contributed by atoms with Gasteiger partial charge in [0.2, 0.25) is 0 Å². The van der Waals surface area contributed by atoms with Crippen LogP contribution in [-0.2, 0) is 9.59 Å². The van der Waals surface area contributed by atoms with Gasteiger partial charge in [-0.1, -0.05) is 6.08 Å². The number of piperidine rings is 1. The molecular formula is C23H24FN7O3S. The van der Waals surface area contributed by atoms with Gasteiger partial charge in [-0.2, -0.15) is 9.61 Å². The fraction of sp³-hybridized carbons (Fsp3) is 0.435. The number of rotatable bonds is 5. The molecule has 4 aliphatic rings. The topological polar surface area (TPSA) is 121 Å². The first-order valence-electron chi connectivity index (χ1n) is 11.7. The predicted octanol–water partition coefficient (Wildman–Crippen LogP) is 2.51. The number of allylic oxidation sites excluding steroid dienone is 1. The number of alkyl halides is 1. The molecule has 1 atom stereocenters. The highest BCUT2D eigenvalue weighted by Crippen LogP contribution is 2.45. The van der Waals surface area contributed by atoms with Crippen molar-refractivity contribution in [3.8, 4) is 0 Å². The van der Waals surface area contributed by atoms with E-state index in [1.54, 1.807) is 21.7 Å². The van der Waals surface area contributed by atoms with Gasteiger partial charge >= 0.3 is 6.03 Å². The molecule has 1 unspecified atom stereocenters. The van der Waals surface area contributed by atoms with Crippen LogP contribution in [0.1, 0.15) is 48.6 Å². The third-order valence-corrected chi connectivity index (χ3v) is 7.82. The van der Waals surface area contributed by atoms with Gasteiger partial charge in [-0.05, 0) is 38.2 Å². The Morgan fingerprint density at radius 3 is 2.71 bits per heavy atom. The molecular weight excluding hydrogens is 473 g/mol. The lowest BCUT2D eigenvalue weighted by atomic mass is 10.1. The number of carbonyl (C=O) groups is 3. The second kappa shape index (κ2) is 8.67. The molecule has 12 heteroatoms. The molecule has 35 heavy (non-hydrogen) atoms. The van der Waals surface area contributed by atoms with Gasteiger partial charge in [0.15, 0.2) is 5.65 Å². The SMILES string of the molecule is O=C1NC(=O)/C(=C/c2cnn3c(NC4CC4)cc(C4CC=C(C(=O)N5CCC(F)CC5)S4)nc23)N1. The van der Waals surface area contributed by atoms with E-state index in [2.05, 4.69) is 21.0 Å². The zero-order valence-corrected chi connectivity index (χ0v) is 19.6. The number of urea groups is 1. The molecule has 2 aromatic heterocycles. The minimum absolute atomic E-state index is 0.0421. The van der Waals surface area contributed by atoms with Crippen LogP contribution in [0.2, 0.25) is 0 Å². The van der Waals surface area contributed by atoms with Crippen molar-refractivity contribution in [1.82, 2.24) is 30.1 Å². The van der Waals surface area contributed by atoms with E-state index in [0.717, 1.165) is 24.4 Å². The Balaban J connectivity index is 1.28. The monoisotopic (exact) mass is 497 g/mol. The van der Waals surface area contributed by atoms with E-state index < -0.39 is 18.1 Å². The molecule has 10 nitrogen and oxygen atoms in total. The van der Waals surface area contributed by atoms with Crippen LogP contribution in [0.5, 0.6) is 0 Å². The number of fused-ring (bicyclic) bond motifs is 1. The number of thioether (sulfide) groups is 1. The molecule has 2 aromatic rings. The number of hydrogen-bond acceptors (Lipinski definition) is 7. The molecule has 4 amide bonds. The number of nitrogens with one attached hydrogen (secondary N) is 3. The summed E-state index contributed by atoms with van der Waals surface area (Å²) < 4.78 is 15.2. The first-order chi connectivity index (χ1) is 16.9. The van der Waals surface area contributed by atoms with E-state index >= 15 is 0 Å². The summed E-state index contributed by atoms with van der Waals surface area (Å²) in [4.78, 5) is 43.7. The van der Waals surface area contributed by atoms with E-state index in [0.29, 0.717) is 54.5 Å². The second-order valence-electron chi connectivity index (χ2n) is 9.16. The summed E-state index contributed by atoms with van der Waals surface area (Å²) >= 11 is 1.48. The van der Waals surface area contributed by atoms with Crippen molar-refractivity contribution in [3.63, 3.8) is 0 Å². The van der Waals surface area contributed by atoms with Crippen molar-refractivity contribution in [2.24, 2.45) is 0 Å². The fourth-order valence-corrected chi connectivity index (χ4v) is 5.60. The van der Waals surface area contributed by atoms with E-state index in [1.165, 1.54) is 11.8 Å². The number of hydrogen-bond donors (Lipinski definition) is 3. The van der Waals surface area contributed by atoms with Crippen molar-refractivity contribution in [3.05, 3.63) is 40.2 Å². The minimum atomic E-state index is -0.825. The molecule has 6 rings (SSSR count). The second-order valence-corrected chi connectivity index (χ2v) is 10.4. The molecule has 5 heterocycles. The van der Waals surface area contributed by atoms with Crippen LogP contribution in [-0.4, -0.2) is 62.6 Å². The Hall–Kier alpha value is -3.41. The molecule has 0 spiro atoms. The quantitative estimate of drug-likeness (QED) is 0.429. The Morgan fingerprint density at radius 2 is 2.00 bits per heavy atom. The average Bonchev–Trinajstić information content (AvgIpc) is 3.23. The lowest BCUT2D eigenvalue weighted by Gasteiger charge is -2.29. The molecule has 3 fully saturated rings. The highest BCUT2D eigenvalue weighted by atomic mass is 32.2. The summed E-state index contributed by atoms with van der Waals surface area (Å²) in [6.45, 7) is 0.889. The van der Waals surface area contributed by atoms with E-state index in [-0.39, 0.29) is 16.9 Å². The van der Waals surface area contributed by atoms with Crippen molar-refractivity contribution in [1.29, 1.82) is 0 Å². The molecule has 1 aliphatic carbocycles. The maximum absolute atomic E-state index is 13.5. The summed E-state index contributed by atoms with van der Waals surface area (Å²) in [5.41, 5.74) is 2.08. The standard InChI is InChI=1S/C23H24FN7O3S/c24-13-5-7-30(8-6-13)22(33)18-4-3-17(35-18)15-10-19(26-14-1-2-14)31-20(27-15)12(11-25-31)9-16-21(32)29-23(34)28-16/h4,9-11,13-14,17,26H,1-3,5-8H2,(H2,28,29,32,34)/b16-9-. The van der Waals surface area contributed by atoms with E-state index in [4.69, 9.17) is 4.98 Å². The number of amides is 4. The number of imide groups is 1. The van der Waals surface area contributed by atoms with Gasteiger partial charge in [-0.15, -0.1) is 11.8 Å². The Labute approximate surface area is 204 Å². The zero-order chi connectivity index (χ0) is 24.1. The summed E-state index contributed by atoms with van der Waals surface area (Å²) in [5.74, 6) is 0.249.